The molecular formula is C14H16N2O3S. The van der Waals surface area contributed by atoms with Crippen molar-refractivity contribution < 1.29 is 14.1 Å². The average Bonchev–Trinajstić information content (AvgIpc) is 2.88. The average molecular weight is 292 g/mol. The summed E-state index contributed by atoms with van der Waals surface area (Å²) in [6, 6.07) is 7.87. The molecule has 0 fully saturated rings. The van der Waals surface area contributed by atoms with Crippen LogP contribution in [0.5, 0.6) is 0 Å². The van der Waals surface area contributed by atoms with Crippen molar-refractivity contribution >= 4 is 17.7 Å². The minimum absolute atomic E-state index is 0.222. The van der Waals surface area contributed by atoms with Gasteiger partial charge in [-0.1, -0.05) is 22.9 Å². The largest absolute Gasteiger partial charge is 0.465 e. The molecule has 1 aromatic carbocycles. The van der Waals surface area contributed by atoms with Crippen LogP contribution in [-0.4, -0.2) is 28.5 Å². The first kappa shape index (κ1) is 14.6. The molecule has 0 spiro atoms. The summed E-state index contributed by atoms with van der Waals surface area (Å²) in [5, 5.41) is 3.91. The van der Waals surface area contributed by atoms with Gasteiger partial charge in [-0.3, -0.25) is 4.79 Å². The van der Waals surface area contributed by atoms with Crippen molar-refractivity contribution in [2.24, 2.45) is 0 Å². The third kappa shape index (κ3) is 4.09. The first-order chi connectivity index (χ1) is 9.69. The lowest BCUT2D eigenvalue weighted by Crippen LogP contribution is -2.06. The van der Waals surface area contributed by atoms with Gasteiger partial charge in [0.2, 0.25) is 0 Å². The zero-order chi connectivity index (χ0) is 14.4. The van der Waals surface area contributed by atoms with Crippen LogP contribution in [0.25, 0.3) is 11.5 Å². The number of aryl methyl sites for hydroxylation is 1. The number of esters is 1. The highest BCUT2D eigenvalue weighted by molar-refractivity contribution is 7.99. The van der Waals surface area contributed by atoms with Gasteiger partial charge < -0.3 is 9.26 Å². The lowest BCUT2D eigenvalue weighted by molar-refractivity contribution is -0.139. The molecule has 0 amide bonds. The zero-order valence-electron chi connectivity index (χ0n) is 11.5. The van der Waals surface area contributed by atoms with E-state index in [9.17, 15) is 4.79 Å². The Morgan fingerprint density at radius 3 is 3.05 bits per heavy atom. The van der Waals surface area contributed by atoms with Gasteiger partial charge in [0, 0.05) is 5.56 Å². The van der Waals surface area contributed by atoms with Crippen molar-refractivity contribution in [2.45, 2.75) is 19.6 Å². The molecule has 0 saturated carbocycles. The molecule has 2 rings (SSSR count). The minimum Gasteiger partial charge on any atom is -0.465 e. The van der Waals surface area contributed by atoms with Gasteiger partial charge in [0.15, 0.2) is 5.82 Å². The smallest absolute Gasteiger partial charge is 0.315 e. The number of thioether (sulfide) groups is 1. The maximum Gasteiger partial charge on any atom is 0.315 e. The van der Waals surface area contributed by atoms with Gasteiger partial charge in [-0.05, 0) is 26.0 Å². The Labute approximate surface area is 121 Å². The second-order valence-corrected chi connectivity index (χ2v) is 5.17. The molecule has 0 saturated heterocycles. The normalized spacial score (nSPS) is 10.5. The third-order valence-electron chi connectivity index (χ3n) is 2.49. The van der Waals surface area contributed by atoms with Crippen LogP contribution in [0.15, 0.2) is 28.8 Å². The van der Waals surface area contributed by atoms with Crippen LogP contribution in [0.2, 0.25) is 0 Å². The fourth-order valence-corrected chi connectivity index (χ4v) is 2.29. The molecular weight excluding hydrogens is 276 g/mol. The number of ether oxygens (including phenoxy) is 1. The lowest BCUT2D eigenvalue weighted by atomic mass is 10.1. The van der Waals surface area contributed by atoms with E-state index < -0.39 is 0 Å². The van der Waals surface area contributed by atoms with Crippen molar-refractivity contribution in [1.29, 1.82) is 0 Å². The summed E-state index contributed by atoms with van der Waals surface area (Å²) >= 11 is 1.41. The highest BCUT2D eigenvalue weighted by Crippen LogP contribution is 2.19. The number of rotatable bonds is 6. The Morgan fingerprint density at radius 2 is 2.30 bits per heavy atom. The van der Waals surface area contributed by atoms with E-state index in [-0.39, 0.29) is 5.97 Å². The molecule has 5 nitrogen and oxygen atoms in total. The van der Waals surface area contributed by atoms with Gasteiger partial charge in [0.1, 0.15) is 0 Å². The van der Waals surface area contributed by atoms with Crippen LogP contribution in [0.3, 0.4) is 0 Å². The van der Waals surface area contributed by atoms with Gasteiger partial charge >= 0.3 is 5.97 Å². The fourth-order valence-electron chi connectivity index (χ4n) is 1.64. The Hall–Kier alpha value is -1.82. The zero-order valence-corrected chi connectivity index (χ0v) is 12.3. The molecule has 0 radical (unpaired) electrons. The van der Waals surface area contributed by atoms with Crippen LogP contribution >= 0.6 is 11.8 Å². The first-order valence-corrected chi connectivity index (χ1v) is 7.47. The first-order valence-electron chi connectivity index (χ1n) is 6.32. The van der Waals surface area contributed by atoms with Crippen LogP contribution in [0.4, 0.5) is 0 Å². The standard InChI is InChI=1S/C14H16N2O3S/c1-3-18-13(17)9-20-8-12-15-14(19-16-12)11-6-4-5-10(2)7-11/h4-7H,3,8-9H2,1-2H3. The van der Waals surface area contributed by atoms with Crippen molar-refractivity contribution in [3.8, 4) is 11.5 Å². The van der Waals surface area contributed by atoms with Crippen LogP contribution in [0.1, 0.15) is 18.3 Å². The van der Waals surface area contributed by atoms with E-state index in [1.165, 1.54) is 11.8 Å². The van der Waals surface area contributed by atoms with Crippen LogP contribution < -0.4 is 0 Å². The molecule has 1 heterocycles. The highest BCUT2D eigenvalue weighted by atomic mass is 32.2. The van der Waals surface area contributed by atoms with Crippen LogP contribution in [-0.2, 0) is 15.3 Å². The molecule has 20 heavy (non-hydrogen) atoms. The Morgan fingerprint density at radius 1 is 1.45 bits per heavy atom. The molecule has 0 atom stereocenters. The molecule has 0 aliphatic carbocycles. The molecule has 2 aromatic rings. The Kier molecular flexibility index (Phi) is 5.17. The number of carbonyl (C=O) groups excluding carboxylic acids is 1. The summed E-state index contributed by atoms with van der Waals surface area (Å²) in [6.45, 7) is 4.20. The summed E-state index contributed by atoms with van der Waals surface area (Å²) in [7, 11) is 0. The van der Waals surface area contributed by atoms with Gasteiger partial charge in [-0.15, -0.1) is 11.8 Å². The predicted octanol–water partition coefficient (Wildman–Crippen LogP) is 2.84. The van der Waals surface area contributed by atoms with E-state index in [4.69, 9.17) is 9.26 Å². The van der Waals surface area contributed by atoms with E-state index in [2.05, 4.69) is 10.1 Å². The molecule has 0 bridgehead atoms. The van der Waals surface area contributed by atoms with E-state index in [1.54, 1.807) is 6.92 Å². The van der Waals surface area contributed by atoms with Crippen molar-refractivity contribution in [1.82, 2.24) is 10.1 Å². The number of benzene rings is 1. The second-order valence-electron chi connectivity index (χ2n) is 4.18. The fraction of sp³-hybridized carbons (Fsp3) is 0.357. The lowest BCUT2D eigenvalue weighted by Gasteiger charge is -1.99. The predicted molar refractivity (Wildman–Crippen MR) is 77.3 cm³/mol. The summed E-state index contributed by atoms with van der Waals surface area (Å²) in [4.78, 5) is 15.5. The minimum atomic E-state index is -0.222. The summed E-state index contributed by atoms with van der Waals surface area (Å²) in [5.41, 5.74) is 2.04. The number of nitrogens with zero attached hydrogens (tertiary/aromatic N) is 2. The SMILES string of the molecule is CCOC(=O)CSCc1noc(-c2cccc(C)c2)n1. The molecule has 1 aromatic heterocycles. The second kappa shape index (κ2) is 7.09. The summed E-state index contributed by atoms with van der Waals surface area (Å²) in [5.74, 6) is 1.67. The molecule has 6 heteroatoms. The summed E-state index contributed by atoms with van der Waals surface area (Å²) < 4.78 is 10.1. The molecule has 0 aliphatic heterocycles. The monoisotopic (exact) mass is 292 g/mol. The number of hydrogen-bond acceptors (Lipinski definition) is 6. The molecule has 106 valence electrons. The van der Waals surface area contributed by atoms with Crippen molar-refractivity contribution in [3.63, 3.8) is 0 Å². The maximum absolute atomic E-state index is 11.2. The van der Waals surface area contributed by atoms with E-state index in [1.807, 2.05) is 31.2 Å². The van der Waals surface area contributed by atoms with Crippen LogP contribution in [0, 0.1) is 6.92 Å². The number of aromatic nitrogens is 2. The maximum atomic E-state index is 11.2. The summed E-state index contributed by atoms with van der Waals surface area (Å²) in [6.07, 6.45) is 0. The van der Waals surface area contributed by atoms with Gasteiger partial charge in [-0.25, -0.2) is 0 Å². The third-order valence-corrected chi connectivity index (χ3v) is 3.39. The molecule has 0 unspecified atom stereocenters. The van der Waals surface area contributed by atoms with Gasteiger partial charge in [0.05, 0.1) is 18.1 Å². The topological polar surface area (TPSA) is 65.2 Å². The van der Waals surface area contributed by atoms with Crippen molar-refractivity contribution in [3.05, 3.63) is 35.7 Å². The Balaban J connectivity index is 1.91. The van der Waals surface area contributed by atoms with E-state index in [0.29, 0.717) is 29.8 Å². The molecule has 0 aliphatic rings. The van der Waals surface area contributed by atoms with Crippen molar-refractivity contribution in [2.75, 3.05) is 12.4 Å². The Bertz CT molecular complexity index is 583. The van der Waals surface area contributed by atoms with Gasteiger partial charge in [0.25, 0.3) is 5.89 Å². The quantitative estimate of drug-likeness (QED) is 0.763. The molecule has 0 N–H and O–H groups in total. The van der Waals surface area contributed by atoms with E-state index >= 15 is 0 Å². The van der Waals surface area contributed by atoms with E-state index in [0.717, 1.165) is 11.1 Å². The number of carbonyl (C=O) groups is 1. The number of hydrogen-bond donors (Lipinski definition) is 0. The van der Waals surface area contributed by atoms with Gasteiger partial charge in [-0.2, -0.15) is 4.98 Å². The highest BCUT2D eigenvalue weighted by Gasteiger charge is 2.10.